The highest BCUT2D eigenvalue weighted by molar-refractivity contribution is 9.10. The molecule has 2 aromatic carbocycles. The maximum Gasteiger partial charge on any atom is 0.265 e. The number of hydrogen-bond donors (Lipinski definition) is 3. The van der Waals surface area contributed by atoms with Crippen molar-refractivity contribution in [1.82, 2.24) is 4.98 Å². The molecule has 0 bridgehead atoms. The Morgan fingerprint density at radius 2 is 1.97 bits per heavy atom. The molecule has 1 heterocycles. The van der Waals surface area contributed by atoms with Gasteiger partial charge in [0.1, 0.15) is 22.3 Å². The summed E-state index contributed by atoms with van der Waals surface area (Å²) in [4.78, 5) is 3.62. The Hall–Kier alpha value is -3.49. The molecule has 164 valence electrons. The van der Waals surface area contributed by atoms with Crippen LogP contribution in [0, 0.1) is 28.9 Å². The highest BCUT2D eigenvalue weighted by atomic mass is 79.9. The van der Waals surface area contributed by atoms with E-state index in [9.17, 15) is 17.2 Å². The molecule has 0 fully saturated rings. The predicted molar refractivity (Wildman–Crippen MR) is 120 cm³/mol. The Kier molecular flexibility index (Phi) is 6.76. The molecule has 4 N–H and O–H groups in total. The molecule has 7 nitrogen and oxygen atoms in total. The second kappa shape index (κ2) is 9.33. The first-order valence-corrected chi connectivity index (χ1v) is 11.1. The Bertz CT molecular complexity index is 1390. The Morgan fingerprint density at radius 3 is 2.66 bits per heavy atom. The fraction of sp³-hybridized carbons (Fsp3) is 0.0476. The van der Waals surface area contributed by atoms with E-state index in [1.165, 1.54) is 31.5 Å². The first-order valence-electron chi connectivity index (χ1n) is 8.78. The van der Waals surface area contributed by atoms with Crippen molar-refractivity contribution in [3.05, 3.63) is 75.4 Å². The summed E-state index contributed by atoms with van der Waals surface area (Å²) >= 11 is 3.18. The zero-order chi connectivity index (χ0) is 23.5. The topological polar surface area (TPSA) is 118 Å². The van der Waals surface area contributed by atoms with Crippen LogP contribution in [0.15, 0.2) is 52.0 Å². The van der Waals surface area contributed by atoms with Crippen LogP contribution in [0.25, 0.3) is 0 Å². The molecule has 3 aromatic rings. The summed E-state index contributed by atoms with van der Waals surface area (Å²) in [5.74, 6) is 2.87. The van der Waals surface area contributed by atoms with E-state index < -0.39 is 32.9 Å². The smallest absolute Gasteiger partial charge is 0.265 e. The van der Waals surface area contributed by atoms with Gasteiger partial charge < -0.3 is 15.9 Å². The number of anilines is 2. The number of methoxy groups -OCH3 is 1. The lowest BCUT2D eigenvalue weighted by molar-refractivity contribution is 0.402. The molecule has 3 rings (SSSR count). The Labute approximate surface area is 191 Å². The molecule has 0 saturated carbocycles. The number of sulfonamides is 1. The summed E-state index contributed by atoms with van der Waals surface area (Å²) in [6.45, 7) is 0. The van der Waals surface area contributed by atoms with Gasteiger partial charge in [-0.3, -0.25) is 4.72 Å². The molecule has 1 aromatic heterocycles. The maximum absolute atomic E-state index is 15.0. The SMILES string of the molecule is COc1ccc(Br)cc1S(=O)(=O)Nc1ccc(F)c(C#Cc2cnc(N)c(C=N)c2)c1F. The summed E-state index contributed by atoms with van der Waals surface area (Å²) in [6, 6.07) is 7.59. The van der Waals surface area contributed by atoms with Crippen molar-refractivity contribution < 1.29 is 21.9 Å². The van der Waals surface area contributed by atoms with Crippen molar-refractivity contribution in [3.63, 3.8) is 0 Å². The number of aromatic nitrogens is 1. The van der Waals surface area contributed by atoms with Gasteiger partial charge in [-0.1, -0.05) is 27.8 Å². The number of halogens is 3. The van der Waals surface area contributed by atoms with Crippen molar-refractivity contribution in [2.24, 2.45) is 0 Å². The van der Waals surface area contributed by atoms with Crippen LogP contribution in [0.5, 0.6) is 5.75 Å². The number of pyridine rings is 1. The number of nitrogens with zero attached hydrogens (tertiary/aromatic N) is 1. The van der Waals surface area contributed by atoms with Gasteiger partial charge in [0.25, 0.3) is 10.0 Å². The van der Waals surface area contributed by atoms with Crippen LogP contribution >= 0.6 is 15.9 Å². The lowest BCUT2D eigenvalue weighted by Crippen LogP contribution is -2.15. The van der Waals surface area contributed by atoms with E-state index in [1.807, 2.05) is 0 Å². The highest BCUT2D eigenvalue weighted by Gasteiger charge is 2.23. The van der Waals surface area contributed by atoms with Crippen LogP contribution < -0.4 is 15.2 Å². The molecule has 0 aliphatic heterocycles. The fourth-order valence-electron chi connectivity index (χ4n) is 2.62. The van der Waals surface area contributed by atoms with E-state index in [-0.39, 0.29) is 22.0 Å². The molecule has 11 heteroatoms. The molecule has 32 heavy (non-hydrogen) atoms. The van der Waals surface area contributed by atoms with Crippen LogP contribution in [0.4, 0.5) is 20.3 Å². The number of nitrogen functional groups attached to an aromatic ring is 1. The van der Waals surface area contributed by atoms with E-state index in [1.54, 1.807) is 6.07 Å². The van der Waals surface area contributed by atoms with E-state index >= 15 is 0 Å². The van der Waals surface area contributed by atoms with Crippen molar-refractivity contribution in [3.8, 4) is 17.6 Å². The number of nitrogens with one attached hydrogen (secondary N) is 2. The largest absolute Gasteiger partial charge is 0.495 e. The number of rotatable bonds is 5. The van der Waals surface area contributed by atoms with Crippen molar-refractivity contribution >= 4 is 43.7 Å². The average molecular weight is 521 g/mol. The molecule has 0 spiro atoms. The zero-order valence-corrected chi connectivity index (χ0v) is 18.8. The molecular formula is C21H15BrF2N4O3S. The molecule has 0 radical (unpaired) electrons. The van der Waals surface area contributed by atoms with E-state index in [4.69, 9.17) is 15.9 Å². The Balaban J connectivity index is 2.01. The van der Waals surface area contributed by atoms with E-state index in [0.29, 0.717) is 10.0 Å². The monoisotopic (exact) mass is 520 g/mol. The van der Waals surface area contributed by atoms with Crippen molar-refractivity contribution in [2.45, 2.75) is 4.90 Å². The average Bonchev–Trinajstić information content (AvgIpc) is 2.76. The second-order valence-electron chi connectivity index (χ2n) is 6.28. The molecule has 0 amide bonds. The predicted octanol–water partition coefficient (Wildman–Crippen LogP) is 3.91. The third-order valence-electron chi connectivity index (χ3n) is 4.19. The van der Waals surface area contributed by atoms with Crippen LogP contribution in [0.2, 0.25) is 0 Å². The van der Waals surface area contributed by atoms with E-state index in [0.717, 1.165) is 18.3 Å². The van der Waals surface area contributed by atoms with Gasteiger partial charge >= 0.3 is 0 Å². The first-order chi connectivity index (χ1) is 15.2. The van der Waals surface area contributed by atoms with Gasteiger partial charge in [-0.25, -0.2) is 22.2 Å². The molecule has 0 unspecified atom stereocenters. The van der Waals surface area contributed by atoms with Gasteiger partial charge in [-0.05, 0) is 36.4 Å². The molecular weight excluding hydrogens is 506 g/mol. The summed E-state index contributed by atoms with van der Waals surface area (Å²) in [6.07, 6.45) is 2.26. The lowest BCUT2D eigenvalue weighted by Gasteiger charge is -2.13. The van der Waals surface area contributed by atoms with Crippen LogP contribution in [0.3, 0.4) is 0 Å². The van der Waals surface area contributed by atoms with Crippen molar-refractivity contribution in [2.75, 3.05) is 17.6 Å². The number of ether oxygens (including phenoxy) is 1. The van der Waals surface area contributed by atoms with Gasteiger partial charge in [0.2, 0.25) is 0 Å². The standard InChI is InChI=1S/C21H15BrF2N4O3S/c1-31-18-7-3-14(22)9-19(18)32(29,30)28-17-6-5-16(23)15(20(17)24)4-2-12-8-13(10-25)21(26)27-11-12/h3,5-11,25,28H,1H3,(H2,26,27). The quantitative estimate of drug-likeness (QED) is 0.348. The third kappa shape index (κ3) is 4.87. The molecule has 0 atom stereocenters. The minimum Gasteiger partial charge on any atom is -0.495 e. The van der Waals surface area contributed by atoms with Gasteiger partial charge in [0.05, 0.1) is 18.4 Å². The normalized spacial score (nSPS) is 10.8. The number of nitrogens with two attached hydrogens (primary N) is 1. The van der Waals surface area contributed by atoms with Gasteiger partial charge in [0, 0.05) is 28.0 Å². The third-order valence-corrected chi connectivity index (χ3v) is 6.07. The van der Waals surface area contributed by atoms with Crippen molar-refractivity contribution in [1.29, 1.82) is 5.41 Å². The van der Waals surface area contributed by atoms with Gasteiger partial charge in [-0.15, -0.1) is 0 Å². The van der Waals surface area contributed by atoms with Crippen LogP contribution in [0.1, 0.15) is 16.7 Å². The highest BCUT2D eigenvalue weighted by Crippen LogP contribution is 2.30. The minimum atomic E-state index is -4.28. The van der Waals surface area contributed by atoms with Gasteiger partial charge in [0.15, 0.2) is 5.82 Å². The maximum atomic E-state index is 15.0. The molecule has 0 saturated heterocycles. The number of hydrogen-bond acceptors (Lipinski definition) is 6. The number of benzene rings is 2. The van der Waals surface area contributed by atoms with E-state index in [2.05, 4.69) is 37.5 Å². The van der Waals surface area contributed by atoms with Crippen LogP contribution in [-0.2, 0) is 10.0 Å². The molecule has 0 aliphatic carbocycles. The Morgan fingerprint density at radius 1 is 1.22 bits per heavy atom. The summed E-state index contributed by atoms with van der Waals surface area (Å²) in [5, 5.41) is 7.28. The summed E-state index contributed by atoms with van der Waals surface area (Å²) < 4.78 is 62.5. The second-order valence-corrected chi connectivity index (χ2v) is 8.84. The summed E-state index contributed by atoms with van der Waals surface area (Å²) in [7, 11) is -2.98. The fourth-order valence-corrected chi connectivity index (χ4v) is 4.39. The first kappa shape index (κ1) is 23.2. The summed E-state index contributed by atoms with van der Waals surface area (Å²) in [5.41, 5.74) is 5.03. The zero-order valence-electron chi connectivity index (χ0n) is 16.4. The minimum absolute atomic E-state index is 0.0427. The molecule has 0 aliphatic rings. The lowest BCUT2D eigenvalue weighted by atomic mass is 10.1. The van der Waals surface area contributed by atoms with Crippen LogP contribution in [-0.4, -0.2) is 26.7 Å². The van der Waals surface area contributed by atoms with Gasteiger partial charge in [-0.2, -0.15) is 0 Å².